The van der Waals surface area contributed by atoms with Crippen LogP contribution in [0.25, 0.3) is 0 Å². The number of benzene rings is 1. The molecule has 3 nitrogen and oxygen atoms in total. The first kappa shape index (κ1) is 11.4. The molecular weight excluding hydrogens is 224 g/mol. The summed E-state index contributed by atoms with van der Waals surface area (Å²) in [7, 11) is 1.91. The van der Waals surface area contributed by atoms with E-state index in [1.54, 1.807) is 4.90 Å². The zero-order chi connectivity index (χ0) is 11.5. The van der Waals surface area contributed by atoms with Crippen LogP contribution in [0.15, 0.2) is 18.2 Å². The van der Waals surface area contributed by atoms with Crippen molar-refractivity contribution < 1.29 is 4.79 Å². The van der Waals surface area contributed by atoms with Crippen molar-refractivity contribution in [3.8, 4) is 0 Å². The molecule has 0 bridgehead atoms. The van der Waals surface area contributed by atoms with Crippen molar-refractivity contribution in [2.24, 2.45) is 0 Å². The van der Waals surface area contributed by atoms with Crippen LogP contribution < -0.4 is 10.2 Å². The lowest BCUT2D eigenvalue weighted by molar-refractivity contribution is -0.117. The molecule has 1 heterocycles. The van der Waals surface area contributed by atoms with Crippen molar-refractivity contribution in [2.45, 2.75) is 13.0 Å². The molecule has 4 heteroatoms. The molecule has 2 rings (SSSR count). The van der Waals surface area contributed by atoms with Crippen LogP contribution in [0.1, 0.15) is 11.1 Å². The average Bonchev–Trinajstić information content (AvgIpc) is 2.56. The van der Waals surface area contributed by atoms with Gasteiger partial charge in [-0.05, 0) is 24.2 Å². The summed E-state index contributed by atoms with van der Waals surface area (Å²) in [5, 5.41) is 3.10. The Bertz CT molecular complexity index is 406. The second-order valence-corrected chi connectivity index (χ2v) is 4.28. The van der Waals surface area contributed by atoms with Gasteiger partial charge in [0, 0.05) is 24.7 Å². The van der Waals surface area contributed by atoms with Gasteiger partial charge < -0.3 is 10.2 Å². The first-order chi connectivity index (χ1) is 7.76. The second kappa shape index (κ2) is 4.85. The predicted molar refractivity (Wildman–Crippen MR) is 66.0 cm³/mol. The van der Waals surface area contributed by atoms with Crippen LogP contribution >= 0.6 is 11.6 Å². The zero-order valence-electron chi connectivity index (χ0n) is 9.29. The van der Waals surface area contributed by atoms with Gasteiger partial charge in [-0.25, -0.2) is 0 Å². The van der Waals surface area contributed by atoms with E-state index in [0.29, 0.717) is 18.8 Å². The van der Waals surface area contributed by atoms with Crippen LogP contribution in [0.4, 0.5) is 5.69 Å². The van der Waals surface area contributed by atoms with Crippen LogP contribution in [0, 0.1) is 0 Å². The summed E-state index contributed by atoms with van der Waals surface area (Å²) in [5.41, 5.74) is 3.34. The number of halogens is 1. The number of hydrogen-bond acceptors (Lipinski definition) is 2. The van der Waals surface area contributed by atoms with E-state index in [2.05, 4.69) is 17.4 Å². The highest BCUT2D eigenvalue weighted by Crippen LogP contribution is 2.29. The monoisotopic (exact) mass is 238 g/mol. The Morgan fingerprint density at radius 2 is 2.31 bits per heavy atom. The van der Waals surface area contributed by atoms with Gasteiger partial charge >= 0.3 is 0 Å². The summed E-state index contributed by atoms with van der Waals surface area (Å²) in [6, 6.07) is 6.16. The third-order valence-electron chi connectivity index (χ3n) is 2.77. The molecule has 0 radical (unpaired) electrons. The highest BCUT2D eigenvalue weighted by Gasteiger charge is 2.26. The highest BCUT2D eigenvalue weighted by atomic mass is 35.5. The first-order valence-corrected chi connectivity index (χ1v) is 5.92. The number of carbonyl (C=O) groups is 1. The summed E-state index contributed by atoms with van der Waals surface area (Å²) in [6.07, 6.45) is 0.504. The van der Waals surface area contributed by atoms with Gasteiger partial charge in [0.2, 0.25) is 5.91 Å². The Hall–Kier alpha value is -1.06. The molecule has 16 heavy (non-hydrogen) atoms. The number of hydrogen-bond donors (Lipinski definition) is 1. The summed E-state index contributed by atoms with van der Waals surface area (Å²) in [5.74, 6) is 0.626. The van der Waals surface area contributed by atoms with Gasteiger partial charge in [-0.1, -0.05) is 12.1 Å². The van der Waals surface area contributed by atoms with E-state index in [1.807, 2.05) is 13.1 Å². The van der Waals surface area contributed by atoms with Crippen molar-refractivity contribution in [3.05, 3.63) is 29.3 Å². The van der Waals surface area contributed by atoms with Gasteiger partial charge in [0.15, 0.2) is 0 Å². The van der Waals surface area contributed by atoms with E-state index in [1.165, 1.54) is 5.56 Å². The fourth-order valence-electron chi connectivity index (χ4n) is 2.08. The van der Waals surface area contributed by atoms with E-state index < -0.39 is 0 Å². The summed E-state index contributed by atoms with van der Waals surface area (Å²) >= 11 is 5.69. The molecule has 1 aromatic carbocycles. The van der Waals surface area contributed by atoms with Crippen molar-refractivity contribution in [2.75, 3.05) is 24.4 Å². The normalized spacial score (nSPS) is 14.4. The third-order valence-corrected chi connectivity index (χ3v) is 2.94. The number of carbonyl (C=O) groups excluding carboxylic acids is 1. The molecule has 0 unspecified atom stereocenters. The molecule has 0 saturated carbocycles. The Kier molecular flexibility index (Phi) is 3.46. The van der Waals surface area contributed by atoms with Crippen molar-refractivity contribution >= 4 is 23.2 Å². The van der Waals surface area contributed by atoms with Crippen molar-refractivity contribution in [3.63, 3.8) is 0 Å². The van der Waals surface area contributed by atoms with Gasteiger partial charge in [-0.2, -0.15) is 0 Å². The maximum Gasteiger partial charge on any atom is 0.231 e. The molecule has 86 valence electrons. The second-order valence-electron chi connectivity index (χ2n) is 3.90. The Morgan fingerprint density at radius 1 is 1.50 bits per heavy atom. The van der Waals surface area contributed by atoms with Crippen LogP contribution in [0.2, 0.25) is 0 Å². The van der Waals surface area contributed by atoms with Crippen LogP contribution in [0.5, 0.6) is 0 Å². The molecule has 0 spiro atoms. The highest BCUT2D eigenvalue weighted by molar-refractivity contribution is 6.18. The minimum Gasteiger partial charge on any atom is -0.316 e. The first-order valence-electron chi connectivity index (χ1n) is 5.39. The molecular formula is C12H15ClN2O. The van der Waals surface area contributed by atoms with Crippen LogP contribution in [-0.4, -0.2) is 25.4 Å². The number of alkyl halides is 1. The SMILES string of the molecule is CNCc1ccc2c(c1)CC(=O)N2CCCl. The molecule has 1 amide bonds. The average molecular weight is 239 g/mol. The number of amides is 1. The molecule has 0 aromatic heterocycles. The van der Waals surface area contributed by atoms with E-state index in [4.69, 9.17) is 11.6 Å². The van der Waals surface area contributed by atoms with E-state index >= 15 is 0 Å². The standard InChI is InChI=1S/C12H15ClN2O/c1-14-8-9-2-3-11-10(6-9)7-12(16)15(11)5-4-13/h2-3,6,14H,4-5,7-8H2,1H3. The quantitative estimate of drug-likeness (QED) is 0.807. The van der Waals surface area contributed by atoms with Crippen LogP contribution in [0.3, 0.4) is 0 Å². The van der Waals surface area contributed by atoms with E-state index in [9.17, 15) is 4.79 Å². The Balaban J connectivity index is 2.27. The van der Waals surface area contributed by atoms with Crippen molar-refractivity contribution in [1.29, 1.82) is 0 Å². The molecule has 0 atom stereocenters. The number of nitrogens with zero attached hydrogens (tertiary/aromatic N) is 1. The fourth-order valence-corrected chi connectivity index (χ4v) is 2.25. The molecule has 0 fully saturated rings. The molecule has 1 aromatic rings. The summed E-state index contributed by atoms with van der Waals surface area (Å²) < 4.78 is 0. The number of fused-ring (bicyclic) bond motifs is 1. The lowest BCUT2D eigenvalue weighted by Gasteiger charge is -2.15. The minimum absolute atomic E-state index is 0.150. The third kappa shape index (κ3) is 2.06. The van der Waals surface area contributed by atoms with Crippen molar-refractivity contribution in [1.82, 2.24) is 5.32 Å². The Labute approximate surface area is 100 Å². The zero-order valence-corrected chi connectivity index (χ0v) is 10.0. The number of anilines is 1. The van der Waals surface area contributed by atoms with Crippen LogP contribution in [-0.2, 0) is 17.8 Å². The number of rotatable bonds is 4. The molecule has 1 aliphatic heterocycles. The smallest absolute Gasteiger partial charge is 0.231 e. The fraction of sp³-hybridized carbons (Fsp3) is 0.417. The summed E-state index contributed by atoms with van der Waals surface area (Å²) in [6.45, 7) is 1.43. The van der Waals surface area contributed by atoms with E-state index in [-0.39, 0.29) is 5.91 Å². The molecule has 1 aliphatic rings. The maximum absolute atomic E-state index is 11.7. The maximum atomic E-state index is 11.7. The van der Waals surface area contributed by atoms with Gasteiger partial charge in [0.25, 0.3) is 0 Å². The number of nitrogens with one attached hydrogen (secondary N) is 1. The topological polar surface area (TPSA) is 32.3 Å². The van der Waals surface area contributed by atoms with Gasteiger partial charge in [0.1, 0.15) is 0 Å². The minimum atomic E-state index is 0.150. The molecule has 0 aliphatic carbocycles. The molecule has 1 N–H and O–H groups in total. The predicted octanol–water partition coefficient (Wildman–Crippen LogP) is 1.53. The van der Waals surface area contributed by atoms with Gasteiger partial charge in [0.05, 0.1) is 6.42 Å². The van der Waals surface area contributed by atoms with Gasteiger partial charge in [-0.3, -0.25) is 4.79 Å². The lowest BCUT2D eigenvalue weighted by Crippen LogP contribution is -2.28. The van der Waals surface area contributed by atoms with Gasteiger partial charge in [-0.15, -0.1) is 11.6 Å². The molecule has 0 saturated heterocycles. The Morgan fingerprint density at radius 3 is 3.00 bits per heavy atom. The van der Waals surface area contributed by atoms with E-state index in [0.717, 1.165) is 17.8 Å². The largest absolute Gasteiger partial charge is 0.316 e. The summed E-state index contributed by atoms with van der Waals surface area (Å²) in [4.78, 5) is 13.5. The lowest BCUT2D eigenvalue weighted by atomic mass is 10.1.